The standard InChI is InChI=1S/C22H31N3O3/c1-4-23-22(24-14-8-9-15-28-19-10-6-5-7-11-19)25-17-18-12-13-20(26-2)21(16-18)27-3/h5-7,10-13,16H,4,8-9,14-15,17H2,1-3H3,(H2,23,24,25). The van der Waals surface area contributed by atoms with Crippen LogP contribution < -0.4 is 24.8 Å². The highest BCUT2D eigenvalue weighted by Gasteiger charge is 2.04. The lowest BCUT2D eigenvalue weighted by Crippen LogP contribution is -2.37. The Hall–Kier alpha value is -2.89. The van der Waals surface area contributed by atoms with E-state index in [0.717, 1.165) is 49.0 Å². The van der Waals surface area contributed by atoms with Crippen molar-refractivity contribution < 1.29 is 14.2 Å². The molecular weight excluding hydrogens is 354 g/mol. The Morgan fingerprint density at radius 2 is 1.71 bits per heavy atom. The van der Waals surface area contributed by atoms with Crippen LogP contribution in [-0.4, -0.2) is 39.9 Å². The summed E-state index contributed by atoms with van der Waals surface area (Å²) in [6, 6.07) is 15.7. The minimum absolute atomic E-state index is 0.562. The molecule has 0 radical (unpaired) electrons. The molecule has 0 saturated heterocycles. The summed E-state index contributed by atoms with van der Waals surface area (Å²) >= 11 is 0. The maximum absolute atomic E-state index is 5.71. The average molecular weight is 386 g/mol. The van der Waals surface area contributed by atoms with Crippen molar-refractivity contribution in [2.24, 2.45) is 4.99 Å². The van der Waals surface area contributed by atoms with Crippen LogP contribution in [0.25, 0.3) is 0 Å². The van der Waals surface area contributed by atoms with E-state index in [-0.39, 0.29) is 0 Å². The van der Waals surface area contributed by atoms with Gasteiger partial charge < -0.3 is 24.8 Å². The van der Waals surface area contributed by atoms with Crippen molar-refractivity contribution in [3.05, 3.63) is 54.1 Å². The van der Waals surface area contributed by atoms with E-state index in [2.05, 4.69) is 22.5 Å². The third-order valence-corrected chi connectivity index (χ3v) is 4.09. The molecule has 0 spiro atoms. The summed E-state index contributed by atoms with van der Waals surface area (Å²) in [5, 5.41) is 6.64. The first-order valence-electron chi connectivity index (χ1n) is 9.67. The number of methoxy groups -OCH3 is 2. The molecule has 2 aromatic carbocycles. The quantitative estimate of drug-likeness (QED) is 0.351. The van der Waals surface area contributed by atoms with Gasteiger partial charge in [0.15, 0.2) is 17.5 Å². The minimum Gasteiger partial charge on any atom is -0.494 e. The van der Waals surface area contributed by atoms with Crippen LogP contribution in [0, 0.1) is 0 Å². The molecule has 0 aliphatic rings. The maximum atomic E-state index is 5.71. The molecule has 6 heteroatoms. The number of nitrogens with zero attached hydrogens (tertiary/aromatic N) is 1. The molecule has 0 unspecified atom stereocenters. The first kappa shape index (κ1) is 21.4. The van der Waals surface area contributed by atoms with Gasteiger partial charge in [0, 0.05) is 13.1 Å². The molecule has 28 heavy (non-hydrogen) atoms. The van der Waals surface area contributed by atoms with E-state index in [1.54, 1.807) is 14.2 Å². The van der Waals surface area contributed by atoms with Gasteiger partial charge in [0.2, 0.25) is 0 Å². The normalized spacial score (nSPS) is 11.0. The van der Waals surface area contributed by atoms with Crippen molar-refractivity contribution in [3.8, 4) is 17.2 Å². The number of benzene rings is 2. The van der Waals surface area contributed by atoms with Crippen LogP contribution in [-0.2, 0) is 6.54 Å². The van der Waals surface area contributed by atoms with Gasteiger partial charge in [-0.25, -0.2) is 4.99 Å². The Morgan fingerprint density at radius 3 is 2.43 bits per heavy atom. The Balaban J connectivity index is 1.75. The van der Waals surface area contributed by atoms with Crippen molar-refractivity contribution in [2.75, 3.05) is 33.9 Å². The molecule has 2 rings (SSSR count). The van der Waals surface area contributed by atoms with Gasteiger partial charge in [0.05, 0.1) is 27.4 Å². The molecule has 0 aliphatic carbocycles. The van der Waals surface area contributed by atoms with E-state index >= 15 is 0 Å². The fourth-order valence-electron chi connectivity index (χ4n) is 2.63. The fourth-order valence-corrected chi connectivity index (χ4v) is 2.63. The van der Waals surface area contributed by atoms with Gasteiger partial charge in [-0.2, -0.15) is 0 Å². The second-order valence-corrected chi connectivity index (χ2v) is 6.18. The van der Waals surface area contributed by atoms with Crippen molar-refractivity contribution in [3.63, 3.8) is 0 Å². The highest BCUT2D eigenvalue weighted by Crippen LogP contribution is 2.27. The van der Waals surface area contributed by atoms with Crippen LogP contribution in [0.3, 0.4) is 0 Å². The van der Waals surface area contributed by atoms with Gasteiger partial charge >= 0.3 is 0 Å². The van der Waals surface area contributed by atoms with Crippen molar-refractivity contribution >= 4 is 5.96 Å². The largest absolute Gasteiger partial charge is 0.494 e. The second kappa shape index (κ2) is 12.5. The summed E-state index contributed by atoms with van der Waals surface area (Å²) in [5.41, 5.74) is 1.06. The van der Waals surface area contributed by atoms with Gasteiger partial charge in [-0.3, -0.25) is 0 Å². The molecule has 2 aromatic rings. The van der Waals surface area contributed by atoms with E-state index in [1.165, 1.54) is 0 Å². The number of para-hydroxylation sites is 1. The fraction of sp³-hybridized carbons (Fsp3) is 0.409. The van der Waals surface area contributed by atoms with Crippen LogP contribution in [0.2, 0.25) is 0 Å². The number of rotatable bonds is 11. The van der Waals surface area contributed by atoms with E-state index in [1.807, 2.05) is 48.5 Å². The molecule has 0 heterocycles. The SMILES string of the molecule is CCNC(=NCc1ccc(OC)c(OC)c1)NCCCCOc1ccccc1. The van der Waals surface area contributed by atoms with Crippen LogP contribution in [0.5, 0.6) is 17.2 Å². The second-order valence-electron chi connectivity index (χ2n) is 6.18. The molecule has 0 atom stereocenters. The summed E-state index contributed by atoms with van der Waals surface area (Å²) < 4.78 is 16.3. The molecule has 0 saturated carbocycles. The molecule has 0 aromatic heterocycles. The first-order chi connectivity index (χ1) is 13.8. The van der Waals surface area contributed by atoms with Crippen LogP contribution >= 0.6 is 0 Å². The number of ether oxygens (including phenoxy) is 3. The zero-order valence-electron chi connectivity index (χ0n) is 17.0. The molecule has 0 bridgehead atoms. The van der Waals surface area contributed by atoms with Crippen molar-refractivity contribution in [1.82, 2.24) is 10.6 Å². The molecule has 0 fully saturated rings. The molecule has 2 N–H and O–H groups in total. The lowest BCUT2D eigenvalue weighted by atomic mass is 10.2. The molecule has 0 amide bonds. The van der Waals surface area contributed by atoms with E-state index < -0.39 is 0 Å². The molecule has 6 nitrogen and oxygen atoms in total. The summed E-state index contributed by atoms with van der Waals surface area (Å²) in [5.74, 6) is 3.16. The third kappa shape index (κ3) is 7.39. The van der Waals surface area contributed by atoms with Gasteiger partial charge in [0.1, 0.15) is 5.75 Å². The van der Waals surface area contributed by atoms with Gasteiger partial charge in [-0.05, 0) is 49.6 Å². The Labute approximate surface area is 167 Å². The van der Waals surface area contributed by atoms with Crippen molar-refractivity contribution in [2.45, 2.75) is 26.3 Å². The monoisotopic (exact) mass is 385 g/mol. The number of aliphatic imine (C=N–C) groups is 1. The van der Waals surface area contributed by atoms with E-state index in [9.17, 15) is 0 Å². The highest BCUT2D eigenvalue weighted by atomic mass is 16.5. The summed E-state index contributed by atoms with van der Waals surface area (Å²) in [7, 11) is 3.27. The van der Waals surface area contributed by atoms with Gasteiger partial charge in [-0.1, -0.05) is 24.3 Å². The van der Waals surface area contributed by atoms with Crippen LogP contribution in [0.15, 0.2) is 53.5 Å². The number of hydrogen-bond donors (Lipinski definition) is 2. The number of unbranched alkanes of at least 4 members (excludes halogenated alkanes) is 1. The number of nitrogens with one attached hydrogen (secondary N) is 2. The third-order valence-electron chi connectivity index (χ3n) is 4.09. The number of guanidine groups is 1. The summed E-state index contributed by atoms with van der Waals surface area (Å²) in [6.45, 7) is 4.99. The van der Waals surface area contributed by atoms with Crippen LogP contribution in [0.1, 0.15) is 25.3 Å². The maximum Gasteiger partial charge on any atom is 0.191 e. The summed E-state index contributed by atoms with van der Waals surface area (Å²) in [4.78, 5) is 4.65. The Bertz CT molecular complexity index is 720. The smallest absolute Gasteiger partial charge is 0.191 e. The van der Waals surface area contributed by atoms with Gasteiger partial charge in [0.25, 0.3) is 0 Å². The van der Waals surface area contributed by atoms with Crippen LogP contribution in [0.4, 0.5) is 0 Å². The zero-order valence-corrected chi connectivity index (χ0v) is 17.0. The summed E-state index contributed by atoms with van der Waals surface area (Å²) in [6.07, 6.45) is 1.99. The zero-order chi connectivity index (χ0) is 20.0. The van der Waals surface area contributed by atoms with E-state index in [0.29, 0.717) is 18.9 Å². The predicted octanol–water partition coefficient (Wildman–Crippen LogP) is 3.62. The molecular formula is C22H31N3O3. The van der Waals surface area contributed by atoms with Gasteiger partial charge in [-0.15, -0.1) is 0 Å². The molecule has 152 valence electrons. The predicted molar refractivity (Wildman–Crippen MR) is 114 cm³/mol. The minimum atomic E-state index is 0.562. The Morgan fingerprint density at radius 1 is 0.929 bits per heavy atom. The molecule has 0 aliphatic heterocycles. The first-order valence-corrected chi connectivity index (χ1v) is 9.67. The average Bonchev–Trinajstić information content (AvgIpc) is 2.74. The number of hydrogen-bond acceptors (Lipinski definition) is 4. The van der Waals surface area contributed by atoms with E-state index in [4.69, 9.17) is 14.2 Å². The highest BCUT2D eigenvalue weighted by molar-refractivity contribution is 5.79. The van der Waals surface area contributed by atoms with Crippen molar-refractivity contribution in [1.29, 1.82) is 0 Å². The Kier molecular flexibility index (Phi) is 9.55. The lowest BCUT2D eigenvalue weighted by molar-refractivity contribution is 0.307. The topological polar surface area (TPSA) is 64.1 Å². The lowest BCUT2D eigenvalue weighted by Gasteiger charge is -2.12.